The summed E-state index contributed by atoms with van der Waals surface area (Å²) >= 11 is 0. The van der Waals surface area contributed by atoms with E-state index in [0.717, 1.165) is 43.6 Å². The molecule has 1 saturated heterocycles. The summed E-state index contributed by atoms with van der Waals surface area (Å²) in [5.41, 5.74) is 0.211. The zero-order chi connectivity index (χ0) is 21.7. The smallest absolute Gasteiger partial charge is 0.412 e. The number of nitrogens with zero attached hydrogens (tertiary/aromatic N) is 1. The Balaban J connectivity index is 1.79. The van der Waals surface area contributed by atoms with Crippen LogP contribution in [-0.2, 0) is 9.47 Å². The van der Waals surface area contributed by atoms with Gasteiger partial charge in [0, 0.05) is 25.7 Å². The Morgan fingerprint density at radius 3 is 2.40 bits per heavy atom. The number of anilines is 1. The quantitative estimate of drug-likeness (QED) is 0.782. The number of hydrogen-bond acceptors (Lipinski definition) is 5. The van der Waals surface area contributed by atoms with Crippen LogP contribution in [0.2, 0.25) is 0 Å². The minimum absolute atomic E-state index is 0.0450. The van der Waals surface area contributed by atoms with Gasteiger partial charge in [0.05, 0.1) is 24.5 Å². The van der Waals surface area contributed by atoms with Gasteiger partial charge in [-0.15, -0.1) is 0 Å². The summed E-state index contributed by atoms with van der Waals surface area (Å²) in [6, 6.07) is 11.3. The third-order valence-electron chi connectivity index (χ3n) is 4.78. The van der Waals surface area contributed by atoms with E-state index in [0.29, 0.717) is 11.3 Å². The van der Waals surface area contributed by atoms with Gasteiger partial charge < -0.3 is 14.8 Å². The number of carbonyl (C=O) groups is 2. The maximum Gasteiger partial charge on any atom is 0.412 e. The van der Waals surface area contributed by atoms with Gasteiger partial charge in [-0.1, -0.05) is 24.3 Å². The molecule has 1 atom stereocenters. The fourth-order valence-electron chi connectivity index (χ4n) is 3.46. The van der Waals surface area contributed by atoms with Gasteiger partial charge in [0.15, 0.2) is 0 Å². The Morgan fingerprint density at radius 2 is 1.77 bits per heavy atom. The van der Waals surface area contributed by atoms with Crippen LogP contribution in [-0.4, -0.2) is 61.4 Å². The molecule has 2 aromatic rings. The van der Waals surface area contributed by atoms with Crippen molar-refractivity contribution in [2.45, 2.75) is 39.3 Å². The zero-order valence-electron chi connectivity index (χ0n) is 18.2. The van der Waals surface area contributed by atoms with E-state index in [-0.39, 0.29) is 11.9 Å². The van der Waals surface area contributed by atoms with Crippen LogP contribution >= 0.6 is 0 Å². The summed E-state index contributed by atoms with van der Waals surface area (Å²) in [6.45, 7) is 11.3. The molecular weight excluding hydrogens is 382 g/mol. The number of hydrogen-bond donors (Lipinski definition) is 2. The van der Waals surface area contributed by atoms with Gasteiger partial charge in [0.25, 0.3) is 5.91 Å². The van der Waals surface area contributed by atoms with Crippen LogP contribution in [0, 0.1) is 0 Å². The van der Waals surface area contributed by atoms with Gasteiger partial charge in [-0.25, -0.2) is 4.79 Å². The van der Waals surface area contributed by atoms with Gasteiger partial charge in [-0.3, -0.25) is 15.0 Å². The highest BCUT2D eigenvalue weighted by Crippen LogP contribution is 2.25. The third kappa shape index (κ3) is 6.18. The van der Waals surface area contributed by atoms with Gasteiger partial charge in [-0.2, -0.15) is 0 Å². The highest BCUT2D eigenvalue weighted by molar-refractivity contribution is 6.07. The maximum absolute atomic E-state index is 13.1. The standard InChI is InChI=1S/C23H31N3O4/c1-16(15-26-9-11-29-12-10-26)24-21(27)19-13-17-7-5-6-8-18(17)14-20(19)25-22(28)30-23(2,3)4/h5-8,13-14,16H,9-12,15H2,1-4H3,(H,24,27)(H,25,28). The van der Waals surface area contributed by atoms with E-state index in [1.165, 1.54) is 0 Å². The minimum Gasteiger partial charge on any atom is -0.444 e. The molecule has 7 nitrogen and oxygen atoms in total. The highest BCUT2D eigenvalue weighted by Gasteiger charge is 2.21. The molecule has 2 amide bonds. The lowest BCUT2D eigenvalue weighted by Gasteiger charge is -2.29. The van der Waals surface area contributed by atoms with Crippen molar-refractivity contribution < 1.29 is 19.1 Å². The van der Waals surface area contributed by atoms with Crippen LogP contribution in [0.1, 0.15) is 38.1 Å². The lowest BCUT2D eigenvalue weighted by molar-refractivity contribution is 0.0342. The average Bonchev–Trinajstić information content (AvgIpc) is 2.66. The predicted molar refractivity (Wildman–Crippen MR) is 118 cm³/mol. The number of benzene rings is 2. The Hall–Kier alpha value is -2.64. The van der Waals surface area contributed by atoms with E-state index in [2.05, 4.69) is 15.5 Å². The molecule has 3 rings (SSSR count). The molecule has 2 N–H and O–H groups in total. The number of amides is 2. The van der Waals surface area contributed by atoms with Crippen LogP contribution in [0.4, 0.5) is 10.5 Å². The first-order valence-corrected chi connectivity index (χ1v) is 10.3. The molecule has 1 aliphatic heterocycles. The maximum atomic E-state index is 13.1. The Morgan fingerprint density at radius 1 is 1.13 bits per heavy atom. The second-order valence-electron chi connectivity index (χ2n) is 8.66. The van der Waals surface area contributed by atoms with Crippen LogP contribution in [0.15, 0.2) is 36.4 Å². The van der Waals surface area contributed by atoms with Gasteiger partial charge in [-0.05, 0) is 50.6 Å². The van der Waals surface area contributed by atoms with Crippen LogP contribution in [0.25, 0.3) is 10.8 Å². The van der Waals surface area contributed by atoms with E-state index in [4.69, 9.17) is 9.47 Å². The molecule has 0 aliphatic carbocycles. The molecule has 1 heterocycles. The molecule has 1 fully saturated rings. The van der Waals surface area contributed by atoms with E-state index >= 15 is 0 Å². The highest BCUT2D eigenvalue weighted by atomic mass is 16.6. The molecule has 1 unspecified atom stereocenters. The SMILES string of the molecule is CC(CN1CCOCC1)NC(=O)c1cc2ccccc2cc1NC(=O)OC(C)(C)C. The lowest BCUT2D eigenvalue weighted by Crippen LogP contribution is -2.46. The Labute approximate surface area is 177 Å². The fraction of sp³-hybridized carbons (Fsp3) is 0.478. The molecule has 30 heavy (non-hydrogen) atoms. The van der Waals surface area contributed by atoms with Crippen molar-refractivity contribution in [3.05, 3.63) is 42.0 Å². The third-order valence-corrected chi connectivity index (χ3v) is 4.78. The summed E-state index contributed by atoms with van der Waals surface area (Å²) < 4.78 is 10.7. The normalized spacial score (nSPS) is 16.1. The first-order chi connectivity index (χ1) is 14.2. The lowest BCUT2D eigenvalue weighted by atomic mass is 10.0. The van der Waals surface area contributed by atoms with Crippen molar-refractivity contribution in [1.82, 2.24) is 10.2 Å². The second-order valence-corrected chi connectivity index (χ2v) is 8.66. The summed E-state index contributed by atoms with van der Waals surface area (Å²) in [5.74, 6) is -0.229. The number of ether oxygens (including phenoxy) is 2. The number of nitrogens with one attached hydrogen (secondary N) is 2. The van der Waals surface area contributed by atoms with E-state index < -0.39 is 11.7 Å². The summed E-state index contributed by atoms with van der Waals surface area (Å²) in [7, 11) is 0. The van der Waals surface area contributed by atoms with Crippen molar-refractivity contribution in [2.24, 2.45) is 0 Å². The first-order valence-electron chi connectivity index (χ1n) is 10.3. The van der Waals surface area contributed by atoms with Crippen molar-refractivity contribution in [3.8, 4) is 0 Å². The average molecular weight is 414 g/mol. The van der Waals surface area contributed by atoms with Crippen molar-refractivity contribution >= 4 is 28.5 Å². The second kappa shape index (κ2) is 9.45. The predicted octanol–water partition coefficient (Wildman–Crippen LogP) is 3.64. The topological polar surface area (TPSA) is 79.9 Å². The number of fused-ring (bicyclic) bond motifs is 1. The Kier molecular flexibility index (Phi) is 6.95. The van der Waals surface area contributed by atoms with Crippen molar-refractivity contribution in [1.29, 1.82) is 0 Å². The van der Waals surface area contributed by atoms with Gasteiger partial charge in [0.2, 0.25) is 0 Å². The van der Waals surface area contributed by atoms with E-state index in [1.807, 2.05) is 31.2 Å². The molecule has 0 saturated carbocycles. The molecule has 1 aliphatic rings. The van der Waals surface area contributed by atoms with Gasteiger partial charge >= 0.3 is 6.09 Å². The Bertz CT molecular complexity index is 901. The summed E-state index contributed by atoms with van der Waals surface area (Å²) in [6.07, 6.45) is -0.590. The van der Waals surface area contributed by atoms with Gasteiger partial charge in [0.1, 0.15) is 5.60 Å². The van der Waals surface area contributed by atoms with Crippen LogP contribution in [0.5, 0.6) is 0 Å². The van der Waals surface area contributed by atoms with Crippen molar-refractivity contribution in [3.63, 3.8) is 0 Å². The van der Waals surface area contributed by atoms with Crippen molar-refractivity contribution in [2.75, 3.05) is 38.2 Å². The van der Waals surface area contributed by atoms with E-state index in [9.17, 15) is 9.59 Å². The molecule has 2 aromatic carbocycles. The number of morpholine rings is 1. The monoisotopic (exact) mass is 413 g/mol. The molecule has 0 radical (unpaired) electrons. The molecule has 0 bridgehead atoms. The number of carbonyl (C=O) groups excluding carboxylic acids is 2. The molecular formula is C23H31N3O4. The summed E-state index contributed by atoms with van der Waals surface area (Å²) in [5, 5.41) is 7.66. The zero-order valence-corrected chi connectivity index (χ0v) is 18.2. The first kappa shape index (κ1) is 22.1. The number of rotatable bonds is 5. The minimum atomic E-state index is -0.629. The molecule has 162 valence electrons. The molecule has 7 heteroatoms. The fourth-order valence-corrected chi connectivity index (χ4v) is 3.46. The summed E-state index contributed by atoms with van der Waals surface area (Å²) in [4.78, 5) is 27.7. The largest absolute Gasteiger partial charge is 0.444 e. The van der Waals surface area contributed by atoms with Crippen LogP contribution in [0.3, 0.4) is 0 Å². The molecule has 0 spiro atoms. The van der Waals surface area contributed by atoms with E-state index in [1.54, 1.807) is 32.9 Å². The van der Waals surface area contributed by atoms with Crippen LogP contribution < -0.4 is 10.6 Å². The molecule has 0 aromatic heterocycles.